The molecule has 0 N–H and O–H groups in total. The number of anilines is 1. The van der Waals surface area contributed by atoms with Crippen LogP contribution in [0.25, 0.3) is 11.1 Å². The number of methoxy groups -OCH3 is 1. The van der Waals surface area contributed by atoms with E-state index >= 15 is 0 Å². The lowest BCUT2D eigenvalue weighted by Gasteiger charge is -2.24. The maximum Gasteiger partial charge on any atom is 0.118 e. The highest BCUT2D eigenvalue weighted by Gasteiger charge is 2.29. The summed E-state index contributed by atoms with van der Waals surface area (Å²) in [5, 5.41) is 7.20. The fourth-order valence-corrected chi connectivity index (χ4v) is 4.08. The van der Waals surface area contributed by atoms with Gasteiger partial charge >= 0.3 is 0 Å². The maximum atomic E-state index is 5.35. The van der Waals surface area contributed by atoms with Crippen LogP contribution in [0.2, 0.25) is 0 Å². The lowest BCUT2D eigenvalue weighted by Crippen LogP contribution is -2.18. The molecular weight excluding hydrogens is 380 g/mol. The molecule has 1 aliphatic rings. The lowest BCUT2D eigenvalue weighted by atomic mass is 9.98. The van der Waals surface area contributed by atoms with Crippen molar-refractivity contribution < 1.29 is 4.74 Å². The first kappa shape index (κ1) is 19.1. The second-order valence-corrected chi connectivity index (χ2v) is 7.66. The molecule has 3 heteroatoms. The van der Waals surface area contributed by atoms with Gasteiger partial charge in [0.15, 0.2) is 0 Å². The third-order valence-corrected chi connectivity index (χ3v) is 5.76. The molecule has 4 aromatic rings. The van der Waals surface area contributed by atoms with Crippen LogP contribution < -0.4 is 9.75 Å². The van der Waals surface area contributed by atoms with Crippen molar-refractivity contribution in [1.82, 2.24) is 0 Å². The molecule has 0 aromatic heterocycles. The molecule has 0 bridgehead atoms. The summed E-state index contributed by atoms with van der Waals surface area (Å²) in [7, 11) is 1.70. The smallest absolute Gasteiger partial charge is 0.118 e. The minimum absolute atomic E-state index is 0.142. The molecule has 152 valence electrons. The Morgan fingerprint density at radius 1 is 0.677 bits per heavy atom. The maximum absolute atomic E-state index is 5.35. The minimum atomic E-state index is 0.142. The van der Waals surface area contributed by atoms with Crippen molar-refractivity contribution in [2.45, 2.75) is 12.5 Å². The van der Waals surface area contributed by atoms with Gasteiger partial charge in [-0.1, -0.05) is 84.9 Å². The number of nitrogens with zero attached hydrogens (tertiary/aromatic N) is 2. The van der Waals surface area contributed by atoms with Gasteiger partial charge in [-0.25, -0.2) is 0 Å². The molecule has 31 heavy (non-hydrogen) atoms. The summed E-state index contributed by atoms with van der Waals surface area (Å²) in [6.07, 6.45) is 0.858. The average Bonchev–Trinajstić information content (AvgIpc) is 3.31. The highest BCUT2D eigenvalue weighted by Crippen LogP contribution is 2.37. The van der Waals surface area contributed by atoms with Gasteiger partial charge in [-0.05, 0) is 46.5 Å². The topological polar surface area (TPSA) is 24.8 Å². The van der Waals surface area contributed by atoms with E-state index in [9.17, 15) is 0 Å². The number of hydrogen-bond acceptors (Lipinski definition) is 3. The third kappa shape index (κ3) is 3.95. The number of rotatable bonds is 5. The summed E-state index contributed by atoms with van der Waals surface area (Å²) in [5.41, 5.74) is 7.01. The Labute approximate surface area is 183 Å². The van der Waals surface area contributed by atoms with Crippen molar-refractivity contribution in [3.63, 3.8) is 0 Å². The Morgan fingerprint density at radius 3 is 1.87 bits per heavy atom. The molecule has 0 spiro atoms. The molecule has 0 saturated carbocycles. The zero-order chi connectivity index (χ0) is 21.0. The average molecular weight is 405 g/mol. The van der Waals surface area contributed by atoms with E-state index in [-0.39, 0.29) is 6.04 Å². The van der Waals surface area contributed by atoms with Crippen LogP contribution in [0, 0.1) is 0 Å². The molecule has 3 nitrogen and oxygen atoms in total. The SMILES string of the molecule is COc1ccc(C2CC(c3ccccc3)=NN2c2ccc(-c3ccccc3)cc2)cc1. The Kier molecular flexibility index (Phi) is 5.24. The van der Waals surface area contributed by atoms with Gasteiger partial charge in [0.1, 0.15) is 5.75 Å². The summed E-state index contributed by atoms with van der Waals surface area (Å²) >= 11 is 0. The highest BCUT2D eigenvalue weighted by molar-refractivity contribution is 6.03. The summed E-state index contributed by atoms with van der Waals surface area (Å²) in [6, 6.07) is 38.0. The van der Waals surface area contributed by atoms with Gasteiger partial charge in [0, 0.05) is 6.42 Å². The van der Waals surface area contributed by atoms with Gasteiger partial charge < -0.3 is 4.74 Å². The fraction of sp³-hybridized carbons (Fsp3) is 0.107. The first-order valence-electron chi connectivity index (χ1n) is 10.5. The van der Waals surface area contributed by atoms with E-state index in [0.29, 0.717) is 0 Å². The summed E-state index contributed by atoms with van der Waals surface area (Å²) in [5.74, 6) is 0.865. The summed E-state index contributed by atoms with van der Waals surface area (Å²) in [6.45, 7) is 0. The van der Waals surface area contributed by atoms with E-state index in [1.807, 2.05) is 24.3 Å². The molecule has 1 atom stereocenters. The molecule has 0 amide bonds. The molecule has 1 heterocycles. The van der Waals surface area contributed by atoms with Crippen molar-refractivity contribution in [3.8, 4) is 16.9 Å². The Hall–Kier alpha value is -3.85. The molecule has 1 aliphatic heterocycles. The molecular formula is C28H24N2O. The Balaban J connectivity index is 1.50. The Morgan fingerprint density at radius 2 is 1.26 bits per heavy atom. The molecule has 0 fully saturated rings. The molecule has 4 aromatic carbocycles. The number of hydrazone groups is 1. The van der Waals surface area contributed by atoms with Gasteiger partial charge in [-0.15, -0.1) is 0 Å². The first-order chi connectivity index (χ1) is 15.3. The quantitative estimate of drug-likeness (QED) is 0.369. The zero-order valence-electron chi connectivity index (χ0n) is 17.5. The predicted molar refractivity (Wildman–Crippen MR) is 128 cm³/mol. The van der Waals surface area contributed by atoms with Crippen LogP contribution in [-0.4, -0.2) is 12.8 Å². The minimum Gasteiger partial charge on any atom is -0.497 e. The first-order valence-corrected chi connectivity index (χ1v) is 10.5. The fourth-order valence-electron chi connectivity index (χ4n) is 4.08. The van der Waals surface area contributed by atoms with Crippen LogP contribution in [0.3, 0.4) is 0 Å². The normalized spacial score (nSPS) is 15.6. The van der Waals surface area contributed by atoms with Crippen molar-refractivity contribution in [3.05, 3.63) is 120 Å². The van der Waals surface area contributed by atoms with Crippen LogP contribution in [-0.2, 0) is 0 Å². The van der Waals surface area contributed by atoms with Crippen LogP contribution >= 0.6 is 0 Å². The van der Waals surface area contributed by atoms with Crippen molar-refractivity contribution in [2.75, 3.05) is 12.1 Å². The van der Waals surface area contributed by atoms with E-state index in [1.54, 1.807) is 7.11 Å². The molecule has 5 rings (SSSR count). The zero-order valence-corrected chi connectivity index (χ0v) is 17.5. The van der Waals surface area contributed by atoms with Gasteiger partial charge in [0.25, 0.3) is 0 Å². The second kappa shape index (κ2) is 8.49. The molecule has 0 saturated heterocycles. The monoisotopic (exact) mass is 404 g/mol. The van der Waals surface area contributed by atoms with Crippen LogP contribution in [0.4, 0.5) is 5.69 Å². The number of benzene rings is 4. The molecule has 0 aliphatic carbocycles. The number of hydrogen-bond donors (Lipinski definition) is 0. The van der Waals surface area contributed by atoms with Gasteiger partial charge in [-0.3, -0.25) is 5.01 Å². The standard InChI is InChI=1S/C28H24N2O/c1-31-26-18-14-24(15-19-26)28-20-27(23-10-6-3-7-11-23)29-30(28)25-16-12-22(13-17-25)21-8-4-2-5-9-21/h2-19,28H,20H2,1H3. The van der Waals surface area contributed by atoms with E-state index in [0.717, 1.165) is 23.6 Å². The largest absolute Gasteiger partial charge is 0.497 e. The van der Waals surface area contributed by atoms with E-state index in [4.69, 9.17) is 9.84 Å². The van der Waals surface area contributed by atoms with Crippen molar-refractivity contribution in [1.29, 1.82) is 0 Å². The second-order valence-electron chi connectivity index (χ2n) is 7.66. The van der Waals surface area contributed by atoms with Crippen LogP contribution in [0.15, 0.2) is 114 Å². The van der Waals surface area contributed by atoms with Crippen LogP contribution in [0.1, 0.15) is 23.6 Å². The van der Waals surface area contributed by atoms with E-state index < -0.39 is 0 Å². The van der Waals surface area contributed by atoms with E-state index in [1.165, 1.54) is 22.3 Å². The van der Waals surface area contributed by atoms with Crippen molar-refractivity contribution in [2.24, 2.45) is 5.10 Å². The summed E-state index contributed by atoms with van der Waals surface area (Å²) < 4.78 is 5.35. The van der Waals surface area contributed by atoms with Crippen LogP contribution in [0.5, 0.6) is 5.75 Å². The van der Waals surface area contributed by atoms with Crippen molar-refractivity contribution >= 4 is 11.4 Å². The Bertz CT molecular complexity index is 1170. The highest BCUT2D eigenvalue weighted by atomic mass is 16.5. The third-order valence-electron chi connectivity index (χ3n) is 5.76. The predicted octanol–water partition coefficient (Wildman–Crippen LogP) is 6.72. The van der Waals surface area contributed by atoms with Gasteiger partial charge in [-0.2, -0.15) is 5.10 Å². The van der Waals surface area contributed by atoms with Gasteiger partial charge in [0.2, 0.25) is 0 Å². The number of ether oxygens (including phenoxy) is 1. The lowest BCUT2D eigenvalue weighted by molar-refractivity contribution is 0.414. The van der Waals surface area contributed by atoms with E-state index in [2.05, 4.69) is 89.9 Å². The molecule has 1 unspecified atom stereocenters. The molecule has 0 radical (unpaired) electrons. The summed E-state index contributed by atoms with van der Waals surface area (Å²) in [4.78, 5) is 0. The van der Waals surface area contributed by atoms with Gasteiger partial charge in [0.05, 0.1) is 24.6 Å².